The third kappa shape index (κ3) is 2.20. The molecule has 2 heteroatoms. The van der Waals surface area contributed by atoms with Crippen molar-refractivity contribution in [3.8, 4) is 0 Å². The maximum atomic E-state index is 2.55. The second-order valence-corrected chi connectivity index (χ2v) is 3.68. The maximum Gasteiger partial charge on any atom is 0.0619 e. The molecule has 0 saturated carbocycles. The second kappa shape index (κ2) is 4.83. The highest BCUT2D eigenvalue weighted by atomic mass is 15.3. The number of likely N-dealkylation sites (tertiary alicyclic amines) is 1. The molecule has 0 spiro atoms. The maximum absolute atomic E-state index is 2.55. The second-order valence-electron chi connectivity index (χ2n) is 3.68. The molecule has 1 aliphatic rings. The quantitative estimate of drug-likeness (QED) is 0.637. The summed E-state index contributed by atoms with van der Waals surface area (Å²) in [6, 6.07) is 0. The van der Waals surface area contributed by atoms with E-state index in [0.717, 1.165) is 0 Å². The third-order valence-electron chi connectivity index (χ3n) is 2.97. The lowest BCUT2D eigenvalue weighted by atomic mass is 10.1. The monoisotopic (exact) mass is 170 g/mol. The molecule has 0 radical (unpaired) electrons. The molecule has 1 saturated heterocycles. The van der Waals surface area contributed by atoms with E-state index in [1.807, 2.05) is 0 Å². The van der Waals surface area contributed by atoms with E-state index in [4.69, 9.17) is 0 Å². The molecule has 1 aliphatic heterocycles. The van der Waals surface area contributed by atoms with E-state index in [1.165, 1.54) is 38.9 Å². The van der Waals surface area contributed by atoms with Crippen LogP contribution in [0.15, 0.2) is 0 Å². The molecule has 0 bridgehead atoms. The summed E-state index contributed by atoms with van der Waals surface area (Å²) >= 11 is 0. The molecular formula is C10H22N2. The lowest BCUT2D eigenvalue weighted by molar-refractivity contribution is 0.0391. The molecule has 1 fully saturated rings. The van der Waals surface area contributed by atoms with Gasteiger partial charge in [0.25, 0.3) is 0 Å². The molecule has 1 atom stereocenters. The first kappa shape index (κ1) is 10.0. The van der Waals surface area contributed by atoms with Crippen molar-refractivity contribution in [3.05, 3.63) is 0 Å². The Labute approximate surface area is 76.5 Å². The molecule has 0 aromatic heterocycles. The minimum atomic E-state index is 0.716. The van der Waals surface area contributed by atoms with Gasteiger partial charge in [-0.1, -0.05) is 13.8 Å². The van der Waals surface area contributed by atoms with E-state index in [2.05, 4.69) is 30.7 Å². The lowest BCUT2D eigenvalue weighted by Gasteiger charge is -2.39. The van der Waals surface area contributed by atoms with Crippen molar-refractivity contribution in [2.24, 2.45) is 0 Å². The fraction of sp³-hybridized carbons (Fsp3) is 1.00. The summed E-state index contributed by atoms with van der Waals surface area (Å²) in [4.78, 5) is 5.05. The lowest BCUT2D eigenvalue weighted by Crippen LogP contribution is -2.48. The van der Waals surface area contributed by atoms with Crippen molar-refractivity contribution < 1.29 is 0 Å². The summed E-state index contributed by atoms with van der Waals surface area (Å²) in [5.74, 6) is 0. The van der Waals surface area contributed by atoms with Crippen LogP contribution in [0.25, 0.3) is 0 Å². The first-order valence-electron chi connectivity index (χ1n) is 5.23. The van der Waals surface area contributed by atoms with Crippen molar-refractivity contribution in [2.75, 3.05) is 26.7 Å². The third-order valence-corrected chi connectivity index (χ3v) is 2.97. The van der Waals surface area contributed by atoms with Gasteiger partial charge in [-0.2, -0.15) is 0 Å². The zero-order valence-electron chi connectivity index (χ0n) is 8.71. The predicted octanol–water partition coefficient (Wildman–Crippen LogP) is 1.77. The first-order valence-corrected chi connectivity index (χ1v) is 5.23. The van der Waals surface area contributed by atoms with Gasteiger partial charge in [0, 0.05) is 0 Å². The average molecular weight is 170 g/mol. The fourth-order valence-electron chi connectivity index (χ4n) is 2.16. The van der Waals surface area contributed by atoms with Crippen molar-refractivity contribution in [3.63, 3.8) is 0 Å². The number of piperidine rings is 1. The molecule has 2 nitrogen and oxygen atoms in total. The first-order chi connectivity index (χ1) is 5.79. The molecule has 0 amide bonds. The van der Waals surface area contributed by atoms with Gasteiger partial charge in [-0.15, -0.1) is 0 Å². The Kier molecular flexibility index (Phi) is 4.02. The van der Waals surface area contributed by atoms with Crippen LogP contribution in [0.5, 0.6) is 0 Å². The Bertz CT molecular complexity index is 121. The highest BCUT2D eigenvalue weighted by Gasteiger charge is 2.22. The highest BCUT2D eigenvalue weighted by molar-refractivity contribution is 4.74. The van der Waals surface area contributed by atoms with Crippen LogP contribution in [-0.4, -0.2) is 42.6 Å². The van der Waals surface area contributed by atoms with Crippen LogP contribution >= 0.6 is 0 Å². The van der Waals surface area contributed by atoms with E-state index < -0.39 is 0 Å². The van der Waals surface area contributed by atoms with Crippen LogP contribution < -0.4 is 0 Å². The topological polar surface area (TPSA) is 6.48 Å². The van der Waals surface area contributed by atoms with Crippen LogP contribution in [0.1, 0.15) is 33.1 Å². The molecule has 12 heavy (non-hydrogen) atoms. The van der Waals surface area contributed by atoms with Gasteiger partial charge in [-0.25, -0.2) is 0 Å². The Hall–Kier alpha value is -0.0800. The van der Waals surface area contributed by atoms with Crippen molar-refractivity contribution in [1.29, 1.82) is 0 Å². The zero-order chi connectivity index (χ0) is 8.97. The van der Waals surface area contributed by atoms with Gasteiger partial charge in [0.15, 0.2) is 0 Å². The summed E-state index contributed by atoms with van der Waals surface area (Å²) in [5.41, 5.74) is 0. The molecular weight excluding hydrogens is 148 g/mol. The van der Waals surface area contributed by atoms with Gasteiger partial charge in [0.1, 0.15) is 0 Å². The number of rotatable bonds is 3. The van der Waals surface area contributed by atoms with Crippen molar-refractivity contribution >= 4 is 0 Å². The highest BCUT2D eigenvalue weighted by Crippen LogP contribution is 2.17. The standard InChI is InChI=1S/C10H22N2/c1-4-12(5-2)10-8-6-7-9-11(10)3/h10H,4-9H2,1-3H3. The SMILES string of the molecule is CCN(CC)C1CCCCN1C. The van der Waals surface area contributed by atoms with Gasteiger partial charge < -0.3 is 0 Å². The van der Waals surface area contributed by atoms with Gasteiger partial charge in [0.2, 0.25) is 0 Å². The van der Waals surface area contributed by atoms with Crippen LogP contribution in [0.3, 0.4) is 0 Å². The average Bonchev–Trinajstić information content (AvgIpc) is 2.10. The fourth-order valence-corrected chi connectivity index (χ4v) is 2.16. The molecule has 0 aromatic rings. The Morgan fingerprint density at radius 3 is 2.42 bits per heavy atom. The van der Waals surface area contributed by atoms with Crippen LogP contribution in [0, 0.1) is 0 Å². The van der Waals surface area contributed by atoms with Gasteiger partial charge in [0.05, 0.1) is 6.17 Å². The van der Waals surface area contributed by atoms with Gasteiger partial charge in [-0.05, 0) is 45.9 Å². The molecule has 0 aromatic carbocycles. The normalized spacial score (nSPS) is 26.5. The smallest absolute Gasteiger partial charge is 0.0619 e. The summed E-state index contributed by atoms with van der Waals surface area (Å²) in [7, 11) is 2.25. The van der Waals surface area contributed by atoms with Crippen molar-refractivity contribution in [2.45, 2.75) is 39.3 Å². The van der Waals surface area contributed by atoms with E-state index in [9.17, 15) is 0 Å². The van der Waals surface area contributed by atoms with E-state index in [1.54, 1.807) is 0 Å². The van der Waals surface area contributed by atoms with Crippen LogP contribution in [-0.2, 0) is 0 Å². The molecule has 72 valence electrons. The predicted molar refractivity (Wildman–Crippen MR) is 53.2 cm³/mol. The van der Waals surface area contributed by atoms with E-state index >= 15 is 0 Å². The Balaban J connectivity index is 2.45. The molecule has 0 N–H and O–H groups in total. The number of nitrogens with zero attached hydrogens (tertiary/aromatic N) is 2. The van der Waals surface area contributed by atoms with Crippen molar-refractivity contribution in [1.82, 2.24) is 9.80 Å². The molecule has 1 rings (SSSR count). The van der Waals surface area contributed by atoms with E-state index in [0.29, 0.717) is 6.17 Å². The number of hydrogen-bond donors (Lipinski definition) is 0. The van der Waals surface area contributed by atoms with Gasteiger partial charge in [-0.3, -0.25) is 9.80 Å². The van der Waals surface area contributed by atoms with Crippen LogP contribution in [0.2, 0.25) is 0 Å². The summed E-state index contributed by atoms with van der Waals surface area (Å²) in [5, 5.41) is 0. The zero-order valence-corrected chi connectivity index (χ0v) is 8.71. The number of hydrogen-bond acceptors (Lipinski definition) is 2. The largest absolute Gasteiger partial charge is 0.291 e. The van der Waals surface area contributed by atoms with Gasteiger partial charge >= 0.3 is 0 Å². The minimum absolute atomic E-state index is 0.716. The summed E-state index contributed by atoms with van der Waals surface area (Å²) < 4.78 is 0. The Morgan fingerprint density at radius 1 is 1.25 bits per heavy atom. The minimum Gasteiger partial charge on any atom is -0.291 e. The molecule has 0 aliphatic carbocycles. The molecule has 1 unspecified atom stereocenters. The Morgan fingerprint density at radius 2 is 1.92 bits per heavy atom. The summed E-state index contributed by atoms with van der Waals surface area (Å²) in [6.45, 7) is 8.16. The molecule has 1 heterocycles. The van der Waals surface area contributed by atoms with Crippen LogP contribution in [0.4, 0.5) is 0 Å². The summed E-state index contributed by atoms with van der Waals surface area (Å²) in [6.07, 6.45) is 4.87. The van der Waals surface area contributed by atoms with E-state index in [-0.39, 0.29) is 0 Å².